The van der Waals surface area contributed by atoms with Gasteiger partial charge in [0.25, 0.3) is 21.6 Å². The van der Waals surface area contributed by atoms with Crippen LogP contribution >= 0.6 is 11.6 Å². The molecule has 15 nitrogen and oxygen atoms in total. The Hall–Kier alpha value is -5.52. The van der Waals surface area contributed by atoms with E-state index >= 15 is 0 Å². The van der Waals surface area contributed by atoms with Gasteiger partial charge in [-0.05, 0) is 84.3 Å². The molecule has 17 heteroatoms. The van der Waals surface area contributed by atoms with Crippen molar-refractivity contribution in [2.45, 2.75) is 38.0 Å². The summed E-state index contributed by atoms with van der Waals surface area (Å²) in [6.07, 6.45) is 6.46. The Morgan fingerprint density at radius 1 is 1.02 bits per heavy atom. The molecular formula is C45H50ClN7O8S. The average molecular weight is 884 g/mol. The Morgan fingerprint density at radius 2 is 1.77 bits per heavy atom. The number of nitro groups is 1. The summed E-state index contributed by atoms with van der Waals surface area (Å²) < 4.78 is 46.8. The van der Waals surface area contributed by atoms with Crippen molar-refractivity contribution in [2.75, 3.05) is 75.9 Å². The summed E-state index contributed by atoms with van der Waals surface area (Å²) >= 11 is 6.24. The number of aromatic amines is 1. The molecule has 3 N–H and O–H groups in total. The molecule has 0 radical (unpaired) electrons. The summed E-state index contributed by atoms with van der Waals surface area (Å²) in [5, 5.41) is 16.6. The molecule has 2 aliphatic heterocycles. The number of amides is 1. The molecule has 2 aromatic heterocycles. The largest absolute Gasteiger partial charge is 0.455 e. The van der Waals surface area contributed by atoms with Crippen LogP contribution in [0.2, 0.25) is 5.02 Å². The number of sulfonamides is 1. The Bertz CT molecular complexity index is 2580. The number of allylic oxidation sites excluding steroid dienone is 1. The van der Waals surface area contributed by atoms with E-state index in [2.05, 4.69) is 55.8 Å². The number of fused-ring (bicyclic) bond motifs is 1. The summed E-state index contributed by atoms with van der Waals surface area (Å²) in [6.45, 7) is 10.7. The van der Waals surface area contributed by atoms with Crippen LogP contribution in [0.25, 0.3) is 16.6 Å². The SMILES string of the molecule is CC1(C)CCC(CN2CCN(c3ccc(C(=O)NS(=O)(=O)c4ccc(NCC5COCCOC5)c([N+](=O)[O-])c4)c(Oc4cnc5[nH]ccc5c4)c3)CC2)=C(c2ccc(Cl)cc2)C1. The van der Waals surface area contributed by atoms with Crippen LogP contribution in [0, 0.1) is 21.4 Å². The van der Waals surface area contributed by atoms with Gasteiger partial charge in [0.1, 0.15) is 22.8 Å². The lowest BCUT2D eigenvalue weighted by atomic mass is 9.72. The van der Waals surface area contributed by atoms with Crippen LogP contribution in [0.4, 0.5) is 17.1 Å². The molecule has 1 aliphatic carbocycles. The van der Waals surface area contributed by atoms with E-state index < -0.39 is 31.4 Å². The van der Waals surface area contributed by atoms with Crippen LogP contribution in [0.5, 0.6) is 11.5 Å². The number of nitrogens with zero attached hydrogens (tertiary/aromatic N) is 4. The van der Waals surface area contributed by atoms with Gasteiger partial charge in [0, 0.05) is 79.6 Å². The minimum Gasteiger partial charge on any atom is -0.455 e. The monoisotopic (exact) mass is 883 g/mol. The summed E-state index contributed by atoms with van der Waals surface area (Å²) in [4.78, 5) is 37.1. The summed E-state index contributed by atoms with van der Waals surface area (Å²) in [7, 11) is -4.58. The van der Waals surface area contributed by atoms with Crippen molar-refractivity contribution in [2.24, 2.45) is 11.3 Å². The number of ether oxygens (including phenoxy) is 3. The molecule has 62 heavy (non-hydrogen) atoms. The summed E-state index contributed by atoms with van der Waals surface area (Å²) in [6, 6.07) is 20.3. The lowest BCUT2D eigenvalue weighted by Gasteiger charge is -2.39. The molecule has 0 spiro atoms. The second kappa shape index (κ2) is 18.4. The van der Waals surface area contributed by atoms with E-state index in [-0.39, 0.29) is 28.3 Å². The van der Waals surface area contributed by atoms with E-state index in [0.29, 0.717) is 44.4 Å². The van der Waals surface area contributed by atoms with Crippen LogP contribution in [0.15, 0.2) is 95.7 Å². The maximum absolute atomic E-state index is 13.9. The molecule has 3 aromatic carbocycles. The number of anilines is 2. The number of carbonyl (C=O) groups is 1. The molecule has 2 saturated heterocycles. The van der Waals surface area contributed by atoms with E-state index in [1.54, 1.807) is 24.4 Å². The highest BCUT2D eigenvalue weighted by Crippen LogP contribution is 2.43. The second-order valence-corrected chi connectivity index (χ2v) is 18.9. The van der Waals surface area contributed by atoms with Crippen LogP contribution in [-0.2, 0) is 19.5 Å². The van der Waals surface area contributed by atoms with Gasteiger partial charge < -0.3 is 29.4 Å². The van der Waals surface area contributed by atoms with E-state index in [4.69, 9.17) is 25.8 Å². The maximum atomic E-state index is 13.9. The van der Waals surface area contributed by atoms with Crippen molar-refractivity contribution in [3.05, 3.63) is 117 Å². The summed E-state index contributed by atoms with van der Waals surface area (Å²) in [5.74, 6) is -0.559. The number of hydrogen-bond donors (Lipinski definition) is 3. The molecule has 0 bridgehead atoms. The first kappa shape index (κ1) is 43.1. The van der Waals surface area contributed by atoms with Gasteiger partial charge in [0.2, 0.25) is 0 Å². The van der Waals surface area contributed by atoms with Crippen molar-refractivity contribution in [3.8, 4) is 11.5 Å². The Labute approximate surface area is 365 Å². The first-order chi connectivity index (χ1) is 29.8. The first-order valence-corrected chi connectivity index (χ1v) is 22.6. The van der Waals surface area contributed by atoms with E-state index in [9.17, 15) is 23.3 Å². The first-order valence-electron chi connectivity index (χ1n) is 20.7. The fraction of sp³-hybridized carbons (Fsp3) is 0.378. The van der Waals surface area contributed by atoms with Crippen molar-refractivity contribution in [1.29, 1.82) is 0 Å². The van der Waals surface area contributed by atoms with Gasteiger partial charge in [-0.15, -0.1) is 0 Å². The molecule has 0 saturated carbocycles. The average Bonchev–Trinajstić information content (AvgIpc) is 3.56. The zero-order chi connectivity index (χ0) is 43.4. The molecule has 0 unspecified atom stereocenters. The highest BCUT2D eigenvalue weighted by atomic mass is 35.5. The van der Waals surface area contributed by atoms with Gasteiger partial charge >= 0.3 is 0 Å². The lowest BCUT2D eigenvalue weighted by Crippen LogP contribution is -2.47. The number of hydrogen-bond acceptors (Lipinski definition) is 12. The molecule has 4 heterocycles. The van der Waals surface area contributed by atoms with Gasteiger partial charge in [-0.1, -0.05) is 43.2 Å². The zero-order valence-electron chi connectivity index (χ0n) is 34.7. The quantitative estimate of drug-likeness (QED) is 0.0770. The number of piperazine rings is 1. The number of nitro benzene ring substituents is 1. The van der Waals surface area contributed by atoms with Crippen molar-refractivity contribution < 1.29 is 32.3 Å². The number of aromatic nitrogens is 2. The lowest BCUT2D eigenvalue weighted by molar-refractivity contribution is -0.384. The van der Waals surface area contributed by atoms with E-state index in [1.165, 1.54) is 41.1 Å². The van der Waals surface area contributed by atoms with E-state index in [1.807, 2.05) is 18.2 Å². The molecule has 8 rings (SSSR count). The Kier molecular flexibility index (Phi) is 12.8. The van der Waals surface area contributed by atoms with Crippen LogP contribution in [-0.4, -0.2) is 99.8 Å². The van der Waals surface area contributed by atoms with Crippen molar-refractivity contribution in [3.63, 3.8) is 0 Å². The van der Waals surface area contributed by atoms with Gasteiger partial charge in [-0.3, -0.25) is 19.8 Å². The van der Waals surface area contributed by atoms with E-state index in [0.717, 1.165) is 74.1 Å². The number of H-pyrrole nitrogens is 1. The zero-order valence-corrected chi connectivity index (χ0v) is 36.3. The standard InChI is InChI=1S/C45H50ClN7O8S/c1-45(2)13-11-33(39(24-45)31-3-5-34(46)6-4-31)27-51-15-17-52(18-16-51)35-7-9-38(42(22-35)61-36-21-32-12-14-47-43(32)49-26-36)44(54)50-62(57,58)37-8-10-40(41(23-37)53(55)56)48-25-30-28-59-19-20-60-29-30/h3-10,12,14,21-23,26,30,48H,11,13,15-20,24-25,27-29H2,1-2H3,(H,47,49)(H,50,54). The molecular weight excluding hydrogens is 834 g/mol. The van der Waals surface area contributed by atoms with Crippen LogP contribution < -0.4 is 19.7 Å². The summed E-state index contributed by atoms with van der Waals surface area (Å²) in [5.41, 5.74) is 5.40. The predicted molar refractivity (Wildman–Crippen MR) is 239 cm³/mol. The fourth-order valence-electron chi connectivity index (χ4n) is 8.23. The van der Waals surface area contributed by atoms with Gasteiger partial charge in [0.05, 0.1) is 48.0 Å². The third-order valence-electron chi connectivity index (χ3n) is 11.7. The maximum Gasteiger partial charge on any atom is 0.293 e. The third kappa shape index (κ3) is 10.2. The van der Waals surface area contributed by atoms with Gasteiger partial charge in [-0.25, -0.2) is 18.1 Å². The number of halogens is 1. The normalized spacial score (nSPS) is 17.8. The number of nitrogens with one attached hydrogen (secondary N) is 3. The smallest absolute Gasteiger partial charge is 0.293 e. The minimum atomic E-state index is -4.58. The van der Waals surface area contributed by atoms with Gasteiger partial charge in [-0.2, -0.15) is 0 Å². The topological polar surface area (TPSA) is 181 Å². The van der Waals surface area contributed by atoms with Gasteiger partial charge in [0.15, 0.2) is 0 Å². The van der Waals surface area contributed by atoms with Crippen LogP contribution in [0.1, 0.15) is 49.0 Å². The Balaban J connectivity index is 1.000. The molecule has 1 amide bonds. The Morgan fingerprint density at radius 3 is 2.52 bits per heavy atom. The predicted octanol–water partition coefficient (Wildman–Crippen LogP) is 7.90. The number of carbonyl (C=O) groups excluding carboxylic acids is 1. The highest BCUT2D eigenvalue weighted by molar-refractivity contribution is 7.90. The third-order valence-corrected chi connectivity index (χ3v) is 13.3. The number of benzene rings is 3. The van der Waals surface area contributed by atoms with Crippen molar-refractivity contribution >= 4 is 61.2 Å². The van der Waals surface area contributed by atoms with Crippen molar-refractivity contribution in [1.82, 2.24) is 19.6 Å². The van der Waals surface area contributed by atoms with Crippen LogP contribution in [0.3, 0.4) is 0 Å². The number of pyridine rings is 1. The molecule has 326 valence electrons. The molecule has 5 aromatic rings. The molecule has 3 aliphatic rings. The molecule has 0 atom stereocenters. The minimum absolute atomic E-state index is 0.0485. The second-order valence-electron chi connectivity index (χ2n) is 16.8. The molecule has 2 fully saturated rings. The highest BCUT2D eigenvalue weighted by Gasteiger charge is 2.31. The fourth-order valence-corrected chi connectivity index (χ4v) is 9.35. The number of rotatable bonds is 13.